The van der Waals surface area contributed by atoms with Gasteiger partial charge in [0.1, 0.15) is 0 Å². The van der Waals surface area contributed by atoms with Crippen molar-refractivity contribution >= 4 is 11.8 Å². The molecule has 0 aliphatic carbocycles. The molecule has 0 bridgehead atoms. The lowest BCUT2D eigenvalue weighted by Gasteiger charge is -2.34. The molecule has 8 nitrogen and oxygen atoms in total. The first-order valence-electron chi connectivity index (χ1n) is 9.60. The van der Waals surface area contributed by atoms with Crippen molar-refractivity contribution in [1.82, 2.24) is 20.5 Å². The first-order valence-corrected chi connectivity index (χ1v) is 9.60. The van der Waals surface area contributed by atoms with E-state index in [-0.39, 0.29) is 23.7 Å². The average Bonchev–Trinajstić information content (AvgIpc) is 2.73. The van der Waals surface area contributed by atoms with Crippen LogP contribution in [-0.2, 0) is 20.9 Å². The lowest BCUT2D eigenvalue weighted by atomic mass is 9.88. The third-order valence-corrected chi connectivity index (χ3v) is 4.98. The normalized spacial score (nSPS) is 22.9. The van der Waals surface area contributed by atoms with Crippen LogP contribution in [0.3, 0.4) is 0 Å². The van der Waals surface area contributed by atoms with E-state index >= 15 is 0 Å². The molecule has 2 fully saturated rings. The predicted molar refractivity (Wildman–Crippen MR) is 99.1 cm³/mol. The quantitative estimate of drug-likeness (QED) is 0.736. The molecule has 0 spiro atoms. The van der Waals surface area contributed by atoms with Crippen molar-refractivity contribution in [3.05, 3.63) is 23.9 Å². The molecule has 2 aliphatic heterocycles. The van der Waals surface area contributed by atoms with E-state index in [1.807, 2.05) is 24.0 Å². The highest BCUT2D eigenvalue weighted by Crippen LogP contribution is 2.20. The van der Waals surface area contributed by atoms with Gasteiger partial charge in [-0.25, -0.2) is 4.98 Å². The van der Waals surface area contributed by atoms with Crippen molar-refractivity contribution in [3.63, 3.8) is 0 Å². The van der Waals surface area contributed by atoms with E-state index in [1.54, 1.807) is 6.20 Å². The van der Waals surface area contributed by atoms with Gasteiger partial charge in [-0.15, -0.1) is 0 Å². The van der Waals surface area contributed by atoms with E-state index in [0.29, 0.717) is 64.8 Å². The number of piperidine rings is 1. The summed E-state index contributed by atoms with van der Waals surface area (Å²) in [4.78, 5) is 31.4. The van der Waals surface area contributed by atoms with Crippen molar-refractivity contribution in [2.45, 2.75) is 19.9 Å². The highest BCUT2D eigenvalue weighted by atomic mass is 16.5. The third kappa shape index (κ3) is 5.17. The van der Waals surface area contributed by atoms with E-state index < -0.39 is 0 Å². The molecule has 1 aromatic heterocycles. The van der Waals surface area contributed by atoms with Crippen molar-refractivity contribution in [2.24, 2.45) is 11.8 Å². The molecule has 3 heterocycles. The van der Waals surface area contributed by atoms with Crippen LogP contribution in [0.25, 0.3) is 0 Å². The van der Waals surface area contributed by atoms with E-state index in [1.165, 1.54) is 0 Å². The van der Waals surface area contributed by atoms with Gasteiger partial charge in [-0.1, -0.05) is 6.07 Å². The number of hydrogen-bond donors (Lipinski definition) is 2. The molecule has 0 radical (unpaired) electrons. The summed E-state index contributed by atoms with van der Waals surface area (Å²) in [5.41, 5.74) is 0.845. The van der Waals surface area contributed by atoms with Gasteiger partial charge in [-0.2, -0.15) is 0 Å². The summed E-state index contributed by atoms with van der Waals surface area (Å²) >= 11 is 0. The number of hydrogen-bond acceptors (Lipinski definition) is 6. The van der Waals surface area contributed by atoms with E-state index in [4.69, 9.17) is 9.47 Å². The van der Waals surface area contributed by atoms with Gasteiger partial charge in [0.15, 0.2) is 0 Å². The Bertz CT molecular complexity index is 648. The zero-order valence-electron chi connectivity index (χ0n) is 15.8. The monoisotopic (exact) mass is 376 g/mol. The molecular formula is C19H28N4O4. The number of carbonyl (C=O) groups excluding carboxylic acids is 2. The number of nitrogens with one attached hydrogen (secondary N) is 2. The standard InChI is InChI=1S/C19H28N4O4/c1-2-27-18-14(4-3-5-21-18)13-22-17(24)15-10-16(12-20-11-15)19(25)23-6-8-26-9-7-23/h3-5,15-16,20H,2,6-13H2,1H3,(H,22,24). The highest BCUT2D eigenvalue weighted by molar-refractivity contribution is 5.83. The molecule has 2 unspecified atom stereocenters. The van der Waals surface area contributed by atoms with Gasteiger partial charge in [0.25, 0.3) is 0 Å². The zero-order valence-corrected chi connectivity index (χ0v) is 15.8. The Morgan fingerprint density at radius 1 is 1.33 bits per heavy atom. The van der Waals surface area contributed by atoms with Crippen molar-refractivity contribution in [3.8, 4) is 5.88 Å². The van der Waals surface area contributed by atoms with Crippen LogP contribution in [0.15, 0.2) is 18.3 Å². The summed E-state index contributed by atoms with van der Waals surface area (Å²) in [6, 6.07) is 3.71. The highest BCUT2D eigenvalue weighted by Gasteiger charge is 2.33. The van der Waals surface area contributed by atoms with Gasteiger partial charge < -0.3 is 25.0 Å². The maximum atomic E-state index is 12.7. The SMILES string of the molecule is CCOc1ncccc1CNC(=O)C1CNCC(C(=O)N2CCOCC2)C1. The first kappa shape index (κ1) is 19.6. The van der Waals surface area contributed by atoms with Gasteiger partial charge in [-0.05, 0) is 19.4 Å². The number of nitrogens with zero attached hydrogens (tertiary/aromatic N) is 2. The average molecular weight is 376 g/mol. The Labute approximate surface area is 159 Å². The summed E-state index contributed by atoms with van der Waals surface area (Å²) in [5, 5.41) is 6.20. The van der Waals surface area contributed by atoms with Crippen LogP contribution in [-0.4, -0.2) is 67.7 Å². The topological polar surface area (TPSA) is 92.8 Å². The summed E-state index contributed by atoms with van der Waals surface area (Å²) in [7, 11) is 0. The van der Waals surface area contributed by atoms with Gasteiger partial charge in [0.05, 0.1) is 31.7 Å². The number of pyridine rings is 1. The predicted octanol–water partition coefficient (Wildman–Crippen LogP) is 0.181. The molecule has 3 rings (SSSR count). The first-order chi connectivity index (χ1) is 13.2. The molecule has 2 N–H and O–H groups in total. The molecule has 0 aromatic carbocycles. The number of amides is 2. The summed E-state index contributed by atoms with van der Waals surface area (Å²) in [5.74, 6) is 0.232. The molecular weight excluding hydrogens is 348 g/mol. The van der Waals surface area contributed by atoms with Crippen LogP contribution >= 0.6 is 0 Å². The zero-order chi connectivity index (χ0) is 19.1. The number of ether oxygens (including phenoxy) is 2. The number of carbonyl (C=O) groups is 2. The lowest BCUT2D eigenvalue weighted by Crippen LogP contribution is -2.51. The Balaban J connectivity index is 1.53. The smallest absolute Gasteiger partial charge is 0.227 e. The Morgan fingerprint density at radius 2 is 2.11 bits per heavy atom. The second-order valence-corrected chi connectivity index (χ2v) is 6.84. The Morgan fingerprint density at radius 3 is 2.89 bits per heavy atom. The second kappa shape index (κ2) is 9.66. The van der Waals surface area contributed by atoms with Crippen LogP contribution in [0.2, 0.25) is 0 Å². The second-order valence-electron chi connectivity index (χ2n) is 6.84. The molecule has 27 heavy (non-hydrogen) atoms. The fraction of sp³-hybridized carbons (Fsp3) is 0.632. The minimum atomic E-state index is -0.221. The molecule has 2 saturated heterocycles. The van der Waals surface area contributed by atoms with Crippen molar-refractivity contribution in [2.75, 3.05) is 46.0 Å². The van der Waals surface area contributed by atoms with Gasteiger partial charge in [0, 0.05) is 44.5 Å². The molecule has 2 aliphatic rings. The number of morpholine rings is 1. The van der Waals surface area contributed by atoms with Gasteiger partial charge in [-0.3, -0.25) is 9.59 Å². The Hall–Kier alpha value is -2.19. The van der Waals surface area contributed by atoms with Crippen LogP contribution in [0, 0.1) is 11.8 Å². The molecule has 1 aromatic rings. The van der Waals surface area contributed by atoms with Crippen LogP contribution < -0.4 is 15.4 Å². The van der Waals surface area contributed by atoms with Gasteiger partial charge >= 0.3 is 0 Å². The van der Waals surface area contributed by atoms with Crippen LogP contribution in [0.4, 0.5) is 0 Å². The fourth-order valence-corrected chi connectivity index (χ4v) is 3.52. The summed E-state index contributed by atoms with van der Waals surface area (Å²) in [6.45, 7) is 6.43. The summed E-state index contributed by atoms with van der Waals surface area (Å²) in [6.07, 6.45) is 2.24. The summed E-state index contributed by atoms with van der Waals surface area (Å²) < 4.78 is 10.8. The largest absolute Gasteiger partial charge is 0.478 e. The van der Waals surface area contributed by atoms with Gasteiger partial charge in [0.2, 0.25) is 17.7 Å². The maximum absolute atomic E-state index is 12.7. The Kier molecular flexibility index (Phi) is 7.00. The number of rotatable bonds is 6. The molecule has 148 valence electrons. The fourth-order valence-electron chi connectivity index (χ4n) is 3.52. The third-order valence-electron chi connectivity index (χ3n) is 4.98. The van der Waals surface area contributed by atoms with Crippen LogP contribution in [0.5, 0.6) is 5.88 Å². The van der Waals surface area contributed by atoms with E-state index in [0.717, 1.165) is 5.56 Å². The minimum Gasteiger partial charge on any atom is -0.478 e. The van der Waals surface area contributed by atoms with E-state index in [9.17, 15) is 9.59 Å². The lowest BCUT2D eigenvalue weighted by molar-refractivity contribution is -0.141. The maximum Gasteiger partial charge on any atom is 0.227 e. The number of aromatic nitrogens is 1. The minimum absolute atomic E-state index is 0.0479. The molecule has 0 saturated carbocycles. The molecule has 2 atom stereocenters. The van der Waals surface area contributed by atoms with E-state index in [2.05, 4.69) is 15.6 Å². The molecule has 2 amide bonds. The van der Waals surface area contributed by atoms with Crippen molar-refractivity contribution in [1.29, 1.82) is 0 Å². The molecule has 8 heteroatoms. The van der Waals surface area contributed by atoms with Crippen molar-refractivity contribution < 1.29 is 19.1 Å². The van der Waals surface area contributed by atoms with Crippen LogP contribution in [0.1, 0.15) is 18.9 Å².